The second-order valence-electron chi connectivity index (χ2n) is 5.04. The highest BCUT2D eigenvalue weighted by Gasteiger charge is 2.09. The molecule has 4 heteroatoms. The van der Waals surface area contributed by atoms with Gasteiger partial charge in [0, 0.05) is 12.5 Å². The maximum absolute atomic E-state index is 12.1. The lowest BCUT2D eigenvalue weighted by atomic mass is 10.1. The van der Waals surface area contributed by atoms with E-state index in [-0.39, 0.29) is 16.6 Å². The molecule has 1 aromatic heterocycles. The Hall–Kier alpha value is -2.75. The predicted molar refractivity (Wildman–Crippen MR) is 84.6 cm³/mol. The molecule has 1 N–H and O–H groups in total. The molecule has 2 aromatic carbocycles. The number of phenolic OH excluding ortho intramolecular Hbond substituents is 1. The van der Waals surface area contributed by atoms with E-state index in [0.29, 0.717) is 24.2 Å². The number of hydrogen-bond acceptors (Lipinski definition) is 4. The Balaban J connectivity index is 1.90. The molecule has 0 spiro atoms. The molecule has 0 saturated heterocycles. The fourth-order valence-electron chi connectivity index (χ4n) is 2.53. The van der Waals surface area contributed by atoms with Gasteiger partial charge in [0.1, 0.15) is 28.2 Å². The number of rotatable bonds is 4. The molecule has 3 rings (SSSR count). The van der Waals surface area contributed by atoms with Crippen molar-refractivity contribution in [3.05, 3.63) is 70.1 Å². The summed E-state index contributed by atoms with van der Waals surface area (Å²) in [7, 11) is 1.64. The summed E-state index contributed by atoms with van der Waals surface area (Å²) in [5, 5.41) is 9.97. The minimum absolute atomic E-state index is 0.0532. The molecule has 0 aliphatic rings. The van der Waals surface area contributed by atoms with Crippen LogP contribution in [-0.2, 0) is 12.8 Å². The van der Waals surface area contributed by atoms with E-state index in [1.165, 1.54) is 12.1 Å². The molecule has 0 atom stereocenters. The summed E-state index contributed by atoms with van der Waals surface area (Å²) in [5.74, 6) is 1.36. The van der Waals surface area contributed by atoms with E-state index in [1.54, 1.807) is 19.2 Å². The molecule has 0 amide bonds. The average molecular weight is 296 g/mol. The lowest BCUT2D eigenvalue weighted by molar-refractivity contribution is 0.409. The van der Waals surface area contributed by atoms with Crippen LogP contribution in [0.5, 0.6) is 11.5 Å². The van der Waals surface area contributed by atoms with Gasteiger partial charge in [0.2, 0.25) is 0 Å². The molecule has 0 bridgehead atoms. The van der Waals surface area contributed by atoms with Crippen LogP contribution in [0.1, 0.15) is 11.3 Å². The van der Waals surface area contributed by atoms with Crippen LogP contribution in [0.3, 0.4) is 0 Å². The second kappa shape index (κ2) is 5.93. The quantitative estimate of drug-likeness (QED) is 0.802. The van der Waals surface area contributed by atoms with Crippen LogP contribution >= 0.6 is 0 Å². The zero-order valence-electron chi connectivity index (χ0n) is 12.2. The monoisotopic (exact) mass is 296 g/mol. The van der Waals surface area contributed by atoms with Crippen LogP contribution in [0.15, 0.2) is 57.7 Å². The van der Waals surface area contributed by atoms with Crippen LogP contribution in [0, 0.1) is 0 Å². The van der Waals surface area contributed by atoms with Gasteiger partial charge >= 0.3 is 0 Å². The fourth-order valence-corrected chi connectivity index (χ4v) is 2.53. The molecule has 0 aliphatic heterocycles. The number of hydrogen-bond donors (Lipinski definition) is 1. The molecular weight excluding hydrogens is 280 g/mol. The number of aromatic hydroxyl groups is 1. The van der Waals surface area contributed by atoms with E-state index < -0.39 is 0 Å². The normalized spacial score (nSPS) is 10.8. The molecule has 0 saturated carbocycles. The van der Waals surface area contributed by atoms with Crippen molar-refractivity contribution in [2.24, 2.45) is 0 Å². The van der Waals surface area contributed by atoms with Gasteiger partial charge in [0.25, 0.3) is 0 Å². The number of phenols is 1. The maximum atomic E-state index is 12.1. The predicted octanol–water partition coefficient (Wildman–Crippen LogP) is 3.29. The van der Waals surface area contributed by atoms with E-state index in [9.17, 15) is 9.90 Å². The molecule has 0 fully saturated rings. The van der Waals surface area contributed by atoms with E-state index >= 15 is 0 Å². The van der Waals surface area contributed by atoms with Crippen molar-refractivity contribution >= 4 is 11.0 Å². The molecule has 0 radical (unpaired) electrons. The first-order chi connectivity index (χ1) is 10.7. The number of ether oxygens (including phenoxy) is 1. The van der Waals surface area contributed by atoms with Gasteiger partial charge in [0.15, 0.2) is 5.43 Å². The van der Waals surface area contributed by atoms with Crippen molar-refractivity contribution < 1.29 is 14.3 Å². The highest BCUT2D eigenvalue weighted by molar-refractivity contribution is 5.82. The van der Waals surface area contributed by atoms with Gasteiger partial charge in [-0.1, -0.05) is 24.3 Å². The summed E-state index contributed by atoms with van der Waals surface area (Å²) in [6, 6.07) is 14.0. The summed E-state index contributed by atoms with van der Waals surface area (Å²) < 4.78 is 11.0. The molecule has 1 heterocycles. The standard InChI is InChI=1S/C18H16O4/c1-21-16-7-3-2-5-12(16)9-10-13-11-15(20)18-14(19)6-4-8-17(18)22-13/h2-8,11,19H,9-10H2,1H3. The van der Waals surface area contributed by atoms with Crippen molar-refractivity contribution in [3.8, 4) is 11.5 Å². The third-order valence-corrected chi connectivity index (χ3v) is 3.62. The highest BCUT2D eigenvalue weighted by atomic mass is 16.5. The Morgan fingerprint density at radius 1 is 1.09 bits per heavy atom. The molecule has 22 heavy (non-hydrogen) atoms. The van der Waals surface area contributed by atoms with Gasteiger partial charge in [-0.3, -0.25) is 4.79 Å². The SMILES string of the molecule is COc1ccccc1CCc1cc(=O)c2c(O)cccc2o1. The summed E-state index contributed by atoms with van der Waals surface area (Å²) in [4.78, 5) is 12.1. The minimum atomic E-state index is -0.227. The van der Waals surface area contributed by atoms with Crippen molar-refractivity contribution in [2.75, 3.05) is 7.11 Å². The zero-order valence-corrected chi connectivity index (χ0v) is 12.2. The van der Waals surface area contributed by atoms with E-state index in [2.05, 4.69) is 0 Å². The van der Waals surface area contributed by atoms with Crippen LogP contribution in [-0.4, -0.2) is 12.2 Å². The molecular formula is C18H16O4. The summed E-state index contributed by atoms with van der Waals surface area (Å²) in [5.41, 5.74) is 1.24. The Kier molecular flexibility index (Phi) is 3.83. The third-order valence-electron chi connectivity index (χ3n) is 3.62. The number of para-hydroxylation sites is 1. The van der Waals surface area contributed by atoms with Gasteiger partial charge in [-0.25, -0.2) is 0 Å². The van der Waals surface area contributed by atoms with Gasteiger partial charge in [-0.05, 0) is 30.2 Å². The van der Waals surface area contributed by atoms with E-state index in [1.807, 2.05) is 24.3 Å². The Morgan fingerprint density at radius 3 is 2.73 bits per heavy atom. The molecule has 3 aromatic rings. The van der Waals surface area contributed by atoms with Crippen molar-refractivity contribution in [2.45, 2.75) is 12.8 Å². The molecule has 0 aliphatic carbocycles. The second-order valence-corrected chi connectivity index (χ2v) is 5.04. The summed E-state index contributed by atoms with van der Waals surface area (Å²) in [6.07, 6.45) is 1.29. The van der Waals surface area contributed by atoms with Crippen molar-refractivity contribution in [3.63, 3.8) is 0 Å². The molecule has 4 nitrogen and oxygen atoms in total. The van der Waals surface area contributed by atoms with E-state index in [4.69, 9.17) is 9.15 Å². The Labute approximate surface area is 127 Å². The molecule has 0 unspecified atom stereocenters. The lowest BCUT2D eigenvalue weighted by Gasteiger charge is -2.08. The average Bonchev–Trinajstić information content (AvgIpc) is 2.53. The number of aryl methyl sites for hydroxylation is 2. The zero-order chi connectivity index (χ0) is 15.5. The number of methoxy groups -OCH3 is 1. The Morgan fingerprint density at radius 2 is 1.91 bits per heavy atom. The third kappa shape index (κ3) is 2.68. The largest absolute Gasteiger partial charge is 0.507 e. The number of benzene rings is 2. The number of fused-ring (bicyclic) bond motifs is 1. The van der Waals surface area contributed by atoms with Gasteiger partial charge in [0.05, 0.1) is 7.11 Å². The Bertz CT molecular complexity index is 864. The topological polar surface area (TPSA) is 59.7 Å². The van der Waals surface area contributed by atoms with Gasteiger partial charge < -0.3 is 14.3 Å². The smallest absolute Gasteiger partial charge is 0.196 e. The first kappa shape index (κ1) is 14.2. The summed E-state index contributed by atoms with van der Waals surface area (Å²) >= 11 is 0. The van der Waals surface area contributed by atoms with Crippen LogP contribution in [0.4, 0.5) is 0 Å². The van der Waals surface area contributed by atoms with Gasteiger partial charge in [-0.15, -0.1) is 0 Å². The highest BCUT2D eigenvalue weighted by Crippen LogP contribution is 2.23. The fraction of sp³-hybridized carbons (Fsp3) is 0.167. The first-order valence-corrected chi connectivity index (χ1v) is 7.05. The first-order valence-electron chi connectivity index (χ1n) is 7.05. The molecule has 112 valence electrons. The van der Waals surface area contributed by atoms with Crippen molar-refractivity contribution in [1.82, 2.24) is 0 Å². The van der Waals surface area contributed by atoms with Crippen LogP contribution in [0.2, 0.25) is 0 Å². The van der Waals surface area contributed by atoms with Crippen LogP contribution < -0.4 is 10.2 Å². The van der Waals surface area contributed by atoms with Crippen LogP contribution in [0.25, 0.3) is 11.0 Å². The minimum Gasteiger partial charge on any atom is -0.507 e. The van der Waals surface area contributed by atoms with Gasteiger partial charge in [-0.2, -0.15) is 0 Å². The van der Waals surface area contributed by atoms with E-state index in [0.717, 1.165) is 11.3 Å². The maximum Gasteiger partial charge on any atom is 0.196 e. The lowest BCUT2D eigenvalue weighted by Crippen LogP contribution is -2.04. The van der Waals surface area contributed by atoms with Crippen molar-refractivity contribution in [1.29, 1.82) is 0 Å². The summed E-state index contributed by atoms with van der Waals surface area (Å²) in [6.45, 7) is 0.